The lowest BCUT2D eigenvalue weighted by Gasteiger charge is -2.62. The summed E-state index contributed by atoms with van der Waals surface area (Å²) in [7, 11) is 0. The van der Waals surface area contributed by atoms with Crippen LogP contribution < -0.4 is 0 Å². The Morgan fingerprint density at radius 1 is 1.02 bits per heavy atom. The second-order valence-corrected chi connectivity index (χ2v) is 14.1. The van der Waals surface area contributed by atoms with Crippen LogP contribution in [0.1, 0.15) is 100 Å². The van der Waals surface area contributed by atoms with Gasteiger partial charge in [-0.05, 0) is 72.6 Å². The van der Waals surface area contributed by atoms with Crippen LogP contribution in [0.15, 0.2) is 47.5 Å². The Morgan fingerprint density at radius 3 is 2.21 bits per heavy atom. The van der Waals surface area contributed by atoms with Crippen LogP contribution >= 0.6 is 0 Å². The van der Waals surface area contributed by atoms with E-state index in [1.807, 2.05) is 77.1 Å². The molecule has 5 atom stereocenters. The number of phenolic OH excluding ortho intramolecular Hbond substituents is 1. The summed E-state index contributed by atoms with van der Waals surface area (Å²) < 4.78 is 0. The molecular formula is C37H42O6. The average Bonchev–Trinajstić information content (AvgIpc) is 2.90. The highest BCUT2D eigenvalue weighted by atomic mass is 16.3. The van der Waals surface area contributed by atoms with Gasteiger partial charge >= 0.3 is 0 Å². The minimum Gasteiger partial charge on any atom is -0.507 e. The molecule has 43 heavy (non-hydrogen) atoms. The molecule has 6 nitrogen and oxygen atoms in total. The van der Waals surface area contributed by atoms with Crippen molar-refractivity contribution < 1.29 is 29.4 Å². The van der Waals surface area contributed by atoms with Crippen molar-refractivity contribution in [1.82, 2.24) is 0 Å². The number of hydrogen-bond donors (Lipinski definition) is 2. The molecule has 1 unspecified atom stereocenters. The third-order valence-electron chi connectivity index (χ3n) is 10.5. The number of hydrogen-bond acceptors (Lipinski definition) is 6. The molecule has 1 fully saturated rings. The van der Waals surface area contributed by atoms with E-state index in [0.29, 0.717) is 17.6 Å². The lowest BCUT2D eigenvalue weighted by molar-refractivity contribution is -0.192. The van der Waals surface area contributed by atoms with E-state index in [-0.39, 0.29) is 35.1 Å². The topological polar surface area (TPSA) is 109 Å². The van der Waals surface area contributed by atoms with Gasteiger partial charge in [-0.25, -0.2) is 0 Å². The quantitative estimate of drug-likeness (QED) is 0.236. The minimum atomic E-state index is -2.54. The molecule has 0 aromatic heterocycles. The molecule has 2 aromatic carbocycles. The van der Waals surface area contributed by atoms with Crippen molar-refractivity contribution in [3.63, 3.8) is 0 Å². The first kappa shape index (κ1) is 30.8. The number of Topliss-reactive ketones (excluding diaryl/α,β-unsaturated/α-hetero) is 4. The average molecular weight is 583 g/mol. The second-order valence-electron chi connectivity index (χ2n) is 14.1. The number of benzene rings is 2. The summed E-state index contributed by atoms with van der Waals surface area (Å²) in [4.78, 5) is 55.9. The van der Waals surface area contributed by atoms with Crippen molar-refractivity contribution in [1.29, 1.82) is 0 Å². The zero-order valence-corrected chi connectivity index (χ0v) is 26.4. The fourth-order valence-electron chi connectivity index (χ4n) is 9.00. The molecule has 0 spiro atoms. The summed E-state index contributed by atoms with van der Waals surface area (Å²) in [6, 6.07) is 11.5. The van der Waals surface area contributed by atoms with Gasteiger partial charge in [-0.2, -0.15) is 0 Å². The molecular weight excluding hydrogens is 540 g/mol. The van der Waals surface area contributed by atoms with Crippen LogP contribution in [0.2, 0.25) is 0 Å². The zero-order valence-electron chi connectivity index (χ0n) is 26.4. The molecule has 6 heteroatoms. The summed E-state index contributed by atoms with van der Waals surface area (Å²) in [5.74, 6) is -4.90. The SMILES string of the molecule is CC(=O)C1=C(C)[C@@H](C(C)C)[C@]2(C)C[C@]3(C)Cc4c(C(C)C)cc(C=Cc5ccccc5)c(O)c4C(=O)C3C(=O)[C@]2(O)C1=O. The van der Waals surface area contributed by atoms with Crippen molar-refractivity contribution in [3.8, 4) is 5.75 Å². The number of carbonyl (C=O) groups is 4. The summed E-state index contributed by atoms with van der Waals surface area (Å²) in [5.41, 5.74) is -1.14. The number of fused-ring (bicyclic) bond motifs is 3. The monoisotopic (exact) mass is 582 g/mol. The van der Waals surface area contributed by atoms with Gasteiger partial charge in [-0.1, -0.05) is 89.6 Å². The molecule has 0 saturated heterocycles. The minimum absolute atomic E-state index is 0.0287. The van der Waals surface area contributed by atoms with Crippen LogP contribution in [0.4, 0.5) is 0 Å². The fourth-order valence-corrected chi connectivity index (χ4v) is 9.00. The summed E-state index contributed by atoms with van der Waals surface area (Å²) in [6.07, 6.45) is 4.17. The molecule has 1 saturated carbocycles. The van der Waals surface area contributed by atoms with Crippen LogP contribution in [0.25, 0.3) is 12.2 Å². The molecule has 0 aliphatic heterocycles. The molecule has 3 aliphatic rings. The first-order chi connectivity index (χ1) is 20.0. The van der Waals surface area contributed by atoms with Gasteiger partial charge in [0.15, 0.2) is 23.0 Å². The number of phenols is 1. The van der Waals surface area contributed by atoms with Gasteiger partial charge in [-0.15, -0.1) is 0 Å². The van der Waals surface area contributed by atoms with Gasteiger partial charge in [0.1, 0.15) is 5.75 Å². The van der Waals surface area contributed by atoms with E-state index in [9.17, 15) is 29.4 Å². The van der Waals surface area contributed by atoms with Crippen molar-refractivity contribution in [2.24, 2.45) is 28.6 Å². The molecule has 0 amide bonds. The van der Waals surface area contributed by atoms with E-state index < -0.39 is 51.4 Å². The van der Waals surface area contributed by atoms with Gasteiger partial charge in [0.05, 0.1) is 17.1 Å². The molecule has 2 aromatic rings. The second kappa shape index (κ2) is 10.2. The number of aromatic hydroxyl groups is 1. The number of allylic oxidation sites excluding steroid dienone is 1. The Hall–Kier alpha value is -3.64. The fraction of sp³-hybridized carbons (Fsp3) is 0.459. The van der Waals surface area contributed by atoms with Crippen LogP contribution in [0, 0.1) is 28.6 Å². The Kier molecular flexibility index (Phi) is 7.33. The van der Waals surface area contributed by atoms with E-state index in [1.165, 1.54) is 6.92 Å². The number of rotatable bonds is 5. The van der Waals surface area contributed by atoms with Crippen molar-refractivity contribution in [2.45, 2.75) is 79.8 Å². The molecule has 0 heterocycles. The van der Waals surface area contributed by atoms with E-state index in [1.54, 1.807) is 19.9 Å². The number of carbonyl (C=O) groups excluding carboxylic acids is 4. The molecule has 2 N–H and O–H groups in total. The van der Waals surface area contributed by atoms with E-state index in [2.05, 4.69) is 0 Å². The van der Waals surface area contributed by atoms with Crippen LogP contribution in [0.5, 0.6) is 5.75 Å². The predicted molar refractivity (Wildman–Crippen MR) is 167 cm³/mol. The highest BCUT2D eigenvalue weighted by Crippen LogP contribution is 2.65. The van der Waals surface area contributed by atoms with Crippen molar-refractivity contribution >= 4 is 35.3 Å². The van der Waals surface area contributed by atoms with Crippen LogP contribution in [-0.4, -0.2) is 38.9 Å². The standard InChI is InChI=1S/C37H42O6/c1-19(2)25-16-24(15-14-23-12-10-9-11-13-23)31(39)28-26(25)17-35(7)18-36(8)29(20(3)4)21(5)27(22(6)38)33(41)37(36,43)34(42)30(35)32(28)40/h9-16,19-20,29-30,39,43H,17-18H2,1-8H3/t29-,30?,35+,36+,37-/m1/s1. The van der Waals surface area contributed by atoms with Gasteiger partial charge in [0.25, 0.3) is 0 Å². The third-order valence-corrected chi connectivity index (χ3v) is 10.5. The summed E-state index contributed by atoms with van der Waals surface area (Å²) >= 11 is 0. The Bertz CT molecular complexity index is 1630. The lowest BCUT2D eigenvalue weighted by atomic mass is 9.40. The van der Waals surface area contributed by atoms with Crippen LogP contribution in [0.3, 0.4) is 0 Å². The number of aliphatic hydroxyl groups is 1. The molecule has 3 aliphatic carbocycles. The zero-order chi connectivity index (χ0) is 31.8. The first-order valence-corrected chi connectivity index (χ1v) is 15.2. The maximum absolute atomic E-state index is 14.6. The van der Waals surface area contributed by atoms with Gasteiger partial charge in [0, 0.05) is 11.0 Å². The largest absolute Gasteiger partial charge is 0.507 e. The highest BCUT2D eigenvalue weighted by Gasteiger charge is 2.73. The molecule has 0 bridgehead atoms. The maximum atomic E-state index is 14.6. The third kappa shape index (κ3) is 4.24. The maximum Gasteiger partial charge on any atom is 0.206 e. The lowest BCUT2D eigenvalue weighted by Crippen LogP contribution is -2.73. The Balaban J connectivity index is 1.73. The molecule has 0 radical (unpaired) electrons. The highest BCUT2D eigenvalue weighted by molar-refractivity contribution is 6.33. The van der Waals surface area contributed by atoms with E-state index >= 15 is 0 Å². The normalized spacial score (nSPS) is 30.6. The van der Waals surface area contributed by atoms with E-state index in [0.717, 1.165) is 16.7 Å². The van der Waals surface area contributed by atoms with Gasteiger partial charge in [0.2, 0.25) is 5.78 Å². The first-order valence-electron chi connectivity index (χ1n) is 15.2. The van der Waals surface area contributed by atoms with Crippen LogP contribution in [-0.2, 0) is 20.8 Å². The summed E-state index contributed by atoms with van der Waals surface area (Å²) in [5, 5.41) is 23.9. The molecule has 226 valence electrons. The molecule has 5 rings (SSSR count). The Labute approximate surface area is 253 Å². The van der Waals surface area contributed by atoms with E-state index in [4.69, 9.17) is 0 Å². The van der Waals surface area contributed by atoms with Gasteiger partial charge in [-0.3, -0.25) is 19.2 Å². The van der Waals surface area contributed by atoms with Crippen molar-refractivity contribution in [2.75, 3.05) is 0 Å². The summed E-state index contributed by atoms with van der Waals surface area (Å²) in [6.45, 7) is 14.7. The van der Waals surface area contributed by atoms with Gasteiger partial charge < -0.3 is 10.2 Å². The van der Waals surface area contributed by atoms with Crippen molar-refractivity contribution in [3.05, 3.63) is 75.4 Å². The Morgan fingerprint density at radius 2 is 1.65 bits per heavy atom. The smallest absolute Gasteiger partial charge is 0.206 e. The number of ketones is 4. The predicted octanol–water partition coefficient (Wildman–Crippen LogP) is 6.52.